The average Bonchev–Trinajstić information content (AvgIpc) is 3.36. The van der Waals surface area contributed by atoms with Crippen molar-refractivity contribution < 1.29 is 13.6 Å². The van der Waals surface area contributed by atoms with Crippen molar-refractivity contribution in [2.75, 3.05) is 6.54 Å². The van der Waals surface area contributed by atoms with Crippen LogP contribution in [0.3, 0.4) is 0 Å². The van der Waals surface area contributed by atoms with Crippen LogP contribution in [0.2, 0.25) is 0 Å². The van der Waals surface area contributed by atoms with Crippen molar-refractivity contribution in [2.24, 2.45) is 0 Å². The molecule has 4 aromatic rings. The molecule has 0 saturated heterocycles. The van der Waals surface area contributed by atoms with Crippen LogP contribution in [0.5, 0.6) is 0 Å². The summed E-state index contributed by atoms with van der Waals surface area (Å²) < 4.78 is 21.1. The molecule has 0 aliphatic rings. The number of benzene rings is 1. The number of hydrogen-bond acceptors (Lipinski definition) is 5. The van der Waals surface area contributed by atoms with Gasteiger partial charge in [0.05, 0.1) is 25.5 Å². The van der Waals surface area contributed by atoms with Crippen LogP contribution in [0.1, 0.15) is 16.1 Å². The summed E-state index contributed by atoms with van der Waals surface area (Å²) in [7, 11) is 0. The molecule has 0 aliphatic heterocycles. The second-order valence-corrected chi connectivity index (χ2v) is 6.14. The number of rotatable bonds is 6. The highest BCUT2D eigenvalue weighted by atomic mass is 19.1. The number of carbonyl (C=O) groups excluding carboxylic acids is 1. The maximum absolute atomic E-state index is 13.0. The van der Waals surface area contributed by atoms with Crippen LogP contribution in [-0.4, -0.2) is 31.8 Å². The van der Waals surface area contributed by atoms with Crippen molar-refractivity contribution in [2.45, 2.75) is 13.1 Å². The lowest BCUT2D eigenvalue weighted by Crippen LogP contribution is -2.27. The zero-order valence-corrected chi connectivity index (χ0v) is 14.7. The lowest BCUT2D eigenvalue weighted by Gasteiger charge is -2.07. The first-order valence-electron chi connectivity index (χ1n) is 8.59. The minimum Gasteiger partial charge on any atom is -0.459 e. The molecule has 1 aromatic carbocycles. The van der Waals surface area contributed by atoms with Crippen LogP contribution >= 0.6 is 0 Å². The summed E-state index contributed by atoms with van der Waals surface area (Å²) >= 11 is 0. The Balaban J connectivity index is 1.47. The van der Waals surface area contributed by atoms with Gasteiger partial charge in [0.25, 0.3) is 11.5 Å². The molecule has 9 heteroatoms. The third kappa shape index (κ3) is 3.54. The van der Waals surface area contributed by atoms with Gasteiger partial charge in [-0.25, -0.2) is 14.1 Å². The Bertz CT molecular complexity index is 1160. The Hall–Kier alpha value is -3.75. The van der Waals surface area contributed by atoms with E-state index in [0.717, 1.165) is 5.56 Å². The summed E-state index contributed by atoms with van der Waals surface area (Å²) in [6, 6.07) is 9.15. The van der Waals surface area contributed by atoms with Gasteiger partial charge in [-0.3, -0.25) is 14.2 Å². The van der Waals surface area contributed by atoms with E-state index in [1.54, 1.807) is 28.9 Å². The van der Waals surface area contributed by atoms with Gasteiger partial charge in [0.2, 0.25) is 0 Å². The first-order valence-corrected chi connectivity index (χ1v) is 8.59. The molecular weight excluding hydrogens is 365 g/mol. The first kappa shape index (κ1) is 17.7. The summed E-state index contributed by atoms with van der Waals surface area (Å²) in [6.45, 7) is 0.938. The number of amides is 1. The topological polar surface area (TPSA) is 95.0 Å². The maximum atomic E-state index is 13.0. The Kier molecular flexibility index (Phi) is 4.71. The zero-order valence-electron chi connectivity index (χ0n) is 14.7. The van der Waals surface area contributed by atoms with Gasteiger partial charge in [0.15, 0.2) is 11.4 Å². The summed E-state index contributed by atoms with van der Waals surface area (Å²) in [6.07, 6.45) is 4.32. The Morgan fingerprint density at radius 3 is 2.79 bits per heavy atom. The average molecular weight is 381 g/mol. The number of nitrogens with zero attached hydrogens (tertiary/aromatic N) is 4. The molecule has 0 radical (unpaired) electrons. The Morgan fingerprint density at radius 1 is 1.21 bits per heavy atom. The fraction of sp³-hybridized carbons (Fsp3) is 0.158. The molecule has 142 valence electrons. The fourth-order valence-corrected chi connectivity index (χ4v) is 2.83. The number of carbonyl (C=O) groups is 1. The van der Waals surface area contributed by atoms with Gasteiger partial charge < -0.3 is 9.73 Å². The van der Waals surface area contributed by atoms with Crippen molar-refractivity contribution >= 4 is 16.9 Å². The van der Waals surface area contributed by atoms with E-state index in [0.29, 0.717) is 24.1 Å². The van der Waals surface area contributed by atoms with Crippen LogP contribution in [0.15, 0.2) is 64.4 Å². The van der Waals surface area contributed by atoms with Crippen molar-refractivity contribution in [3.8, 4) is 0 Å². The Morgan fingerprint density at radius 2 is 2.04 bits per heavy atom. The molecule has 3 aromatic heterocycles. The normalized spacial score (nSPS) is 11.0. The van der Waals surface area contributed by atoms with Crippen LogP contribution in [0.4, 0.5) is 4.39 Å². The van der Waals surface area contributed by atoms with Crippen molar-refractivity contribution in [3.05, 3.63) is 82.7 Å². The standard InChI is InChI=1S/C19H16FN5O3/c20-14-5-3-13(4-6-14)11-24-12-22-17-15(19(24)27)10-23-25(17)8-7-21-18(26)16-2-1-9-28-16/h1-6,9-10,12H,7-8,11H2,(H,21,26). The van der Waals surface area contributed by atoms with E-state index in [-0.39, 0.29) is 29.6 Å². The van der Waals surface area contributed by atoms with E-state index in [1.165, 1.54) is 35.5 Å². The minimum atomic E-state index is -0.329. The molecule has 1 amide bonds. The number of furan rings is 1. The molecular formula is C19H16FN5O3. The smallest absolute Gasteiger partial charge is 0.287 e. The summed E-state index contributed by atoms with van der Waals surface area (Å²) in [5.41, 5.74) is 0.991. The SMILES string of the molecule is O=C(NCCn1ncc2c(=O)n(Cc3ccc(F)cc3)cnc21)c1ccco1. The second kappa shape index (κ2) is 7.47. The third-order valence-corrected chi connectivity index (χ3v) is 4.24. The summed E-state index contributed by atoms with van der Waals surface area (Å²) in [4.78, 5) is 28.8. The van der Waals surface area contributed by atoms with Crippen LogP contribution < -0.4 is 10.9 Å². The molecule has 0 saturated carbocycles. The van der Waals surface area contributed by atoms with Gasteiger partial charge in [-0.15, -0.1) is 0 Å². The quantitative estimate of drug-likeness (QED) is 0.550. The lowest BCUT2D eigenvalue weighted by molar-refractivity contribution is 0.0924. The van der Waals surface area contributed by atoms with Crippen molar-refractivity contribution in [1.29, 1.82) is 0 Å². The predicted molar refractivity (Wildman–Crippen MR) is 98.3 cm³/mol. The van der Waals surface area contributed by atoms with Crippen LogP contribution in [0.25, 0.3) is 11.0 Å². The van der Waals surface area contributed by atoms with E-state index in [2.05, 4.69) is 15.4 Å². The highest BCUT2D eigenvalue weighted by molar-refractivity contribution is 5.91. The summed E-state index contributed by atoms with van der Waals surface area (Å²) in [5.74, 6) is -0.423. The molecule has 0 fully saturated rings. The van der Waals surface area contributed by atoms with Crippen molar-refractivity contribution in [1.82, 2.24) is 24.6 Å². The molecule has 0 aliphatic carbocycles. The van der Waals surface area contributed by atoms with E-state index in [1.807, 2.05) is 0 Å². The van der Waals surface area contributed by atoms with E-state index >= 15 is 0 Å². The largest absolute Gasteiger partial charge is 0.459 e. The molecule has 0 atom stereocenters. The van der Waals surface area contributed by atoms with Gasteiger partial charge >= 0.3 is 0 Å². The maximum Gasteiger partial charge on any atom is 0.287 e. The number of nitrogens with one attached hydrogen (secondary N) is 1. The monoisotopic (exact) mass is 381 g/mol. The van der Waals surface area contributed by atoms with Crippen molar-refractivity contribution in [3.63, 3.8) is 0 Å². The van der Waals surface area contributed by atoms with Gasteiger partial charge in [0, 0.05) is 6.54 Å². The molecule has 3 heterocycles. The number of halogens is 1. The second-order valence-electron chi connectivity index (χ2n) is 6.14. The number of aromatic nitrogens is 4. The minimum absolute atomic E-state index is 0.229. The van der Waals surface area contributed by atoms with Gasteiger partial charge in [-0.2, -0.15) is 5.10 Å². The molecule has 0 unspecified atom stereocenters. The van der Waals surface area contributed by atoms with E-state index in [4.69, 9.17) is 4.42 Å². The lowest BCUT2D eigenvalue weighted by atomic mass is 10.2. The highest BCUT2D eigenvalue weighted by Crippen LogP contribution is 2.08. The fourth-order valence-electron chi connectivity index (χ4n) is 2.83. The van der Waals surface area contributed by atoms with E-state index in [9.17, 15) is 14.0 Å². The van der Waals surface area contributed by atoms with Gasteiger partial charge in [0.1, 0.15) is 17.5 Å². The van der Waals surface area contributed by atoms with Crippen LogP contribution in [0, 0.1) is 5.82 Å². The molecule has 28 heavy (non-hydrogen) atoms. The number of fused-ring (bicyclic) bond motifs is 1. The molecule has 4 rings (SSSR count). The highest BCUT2D eigenvalue weighted by Gasteiger charge is 2.12. The predicted octanol–water partition coefficient (Wildman–Crippen LogP) is 1.80. The zero-order chi connectivity index (χ0) is 19.5. The number of hydrogen-bond donors (Lipinski definition) is 1. The molecule has 1 N–H and O–H groups in total. The molecule has 8 nitrogen and oxygen atoms in total. The summed E-state index contributed by atoms with van der Waals surface area (Å²) in [5, 5.41) is 7.28. The van der Waals surface area contributed by atoms with E-state index < -0.39 is 0 Å². The first-order chi connectivity index (χ1) is 13.6. The Labute approximate surface area is 158 Å². The molecule has 0 spiro atoms. The van der Waals surface area contributed by atoms with Gasteiger partial charge in [-0.1, -0.05) is 12.1 Å². The molecule has 0 bridgehead atoms. The third-order valence-electron chi connectivity index (χ3n) is 4.24. The van der Waals surface area contributed by atoms with Crippen LogP contribution in [-0.2, 0) is 13.1 Å². The van der Waals surface area contributed by atoms with Gasteiger partial charge in [-0.05, 0) is 29.8 Å².